The molecule has 36 heavy (non-hydrogen) atoms. The number of hydrogen-bond donors (Lipinski definition) is 1. The van der Waals surface area contributed by atoms with Crippen molar-refractivity contribution in [1.29, 1.82) is 0 Å². The Kier molecular flexibility index (Phi) is 7.65. The summed E-state index contributed by atoms with van der Waals surface area (Å²) in [6, 6.07) is 22.4. The first kappa shape index (κ1) is 24.5. The number of aromatic nitrogens is 2. The quantitative estimate of drug-likeness (QED) is 0.265. The van der Waals surface area contributed by atoms with E-state index in [0.717, 1.165) is 29.4 Å². The highest BCUT2D eigenvalue weighted by atomic mass is 79.9. The van der Waals surface area contributed by atoms with Crippen LogP contribution in [0.25, 0.3) is 11.4 Å². The Hall–Kier alpha value is -3.20. The molecule has 7 nitrogen and oxygen atoms in total. The van der Waals surface area contributed by atoms with Crippen LogP contribution >= 0.6 is 27.5 Å². The van der Waals surface area contributed by atoms with Gasteiger partial charge in [-0.05, 0) is 61.9 Å². The number of nitrogens with one attached hydrogen (secondary N) is 1. The number of amides is 1. The number of benzene rings is 3. The fraction of sp³-hybridized carbons (Fsp3) is 0.222. The van der Waals surface area contributed by atoms with E-state index in [4.69, 9.17) is 20.9 Å². The van der Waals surface area contributed by atoms with E-state index in [1.54, 1.807) is 18.2 Å². The third-order valence-electron chi connectivity index (χ3n) is 5.96. The van der Waals surface area contributed by atoms with Crippen LogP contribution in [-0.2, 0) is 11.3 Å². The summed E-state index contributed by atoms with van der Waals surface area (Å²) in [7, 11) is 0. The number of halogens is 2. The average Bonchev–Trinajstić information content (AvgIpc) is 3.35. The average molecular weight is 568 g/mol. The van der Waals surface area contributed by atoms with Crippen LogP contribution in [0.3, 0.4) is 0 Å². The molecular formula is C27H24BrClN4O3. The van der Waals surface area contributed by atoms with Crippen LogP contribution in [0.15, 0.2) is 81.8 Å². The van der Waals surface area contributed by atoms with Gasteiger partial charge in [0.1, 0.15) is 5.75 Å². The molecule has 0 bridgehead atoms. The lowest BCUT2D eigenvalue weighted by Gasteiger charge is -2.31. The molecule has 0 saturated carbocycles. The van der Waals surface area contributed by atoms with Crippen molar-refractivity contribution >= 4 is 39.1 Å². The van der Waals surface area contributed by atoms with Crippen molar-refractivity contribution in [3.05, 3.63) is 88.2 Å². The lowest BCUT2D eigenvalue weighted by atomic mass is 9.97. The monoisotopic (exact) mass is 566 g/mol. The van der Waals surface area contributed by atoms with Gasteiger partial charge in [0.15, 0.2) is 5.75 Å². The summed E-state index contributed by atoms with van der Waals surface area (Å²) in [5.74, 6) is 2.04. The molecule has 0 radical (unpaired) electrons. The third kappa shape index (κ3) is 6.13. The van der Waals surface area contributed by atoms with E-state index >= 15 is 0 Å². The van der Waals surface area contributed by atoms with Gasteiger partial charge in [0.05, 0.1) is 18.2 Å². The molecule has 4 aromatic rings. The maximum atomic E-state index is 13.2. The van der Waals surface area contributed by atoms with Crippen LogP contribution in [-0.4, -0.2) is 34.0 Å². The number of nitrogens with zero attached hydrogens (tertiary/aromatic N) is 3. The fourth-order valence-corrected chi connectivity index (χ4v) is 4.78. The molecule has 2 heterocycles. The highest BCUT2D eigenvalue weighted by Crippen LogP contribution is 2.33. The molecule has 0 aliphatic carbocycles. The van der Waals surface area contributed by atoms with Gasteiger partial charge in [-0.2, -0.15) is 4.98 Å². The van der Waals surface area contributed by atoms with Gasteiger partial charge in [-0.1, -0.05) is 63.0 Å². The van der Waals surface area contributed by atoms with Crippen LogP contribution in [0.5, 0.6) is 11.5 Å². The maximum absolute atomic E-state index is 13.2. The summed E-state index contributed by atoms with van der Waals surface area (Å²) in [5.41, 5.74) is 1.43. The lowest BCUT2D eigenvalue weighted by Crippen LogP contribution is -2.40. The minimum absolute atomic E-state index is 0.0692. The van der Waals surface area contributed by atoms with Crippen molar-refractivity contribution in [1.82, 2.24) is 15.0 Å². The van der Waals surface area contributed by atoms with E-state index in [1.807, 2.05) is 54.6 Å². The van der Waals surface area contributed by atoms with Gasteiger partial charge in [0.25, 0.3) is 0 Å². The first-order valence-corrected chi connectivity index (χ1v) is 12.8. The zero-order valence-electron chi connectivity index (χ0n) is 19.4. The first-order valence-electron chi connectivity index (χ1n) is 11.7. The second-order valence-corrected chi connectivity index (χ2v) is 9.99. The van der Waals surface area contributed by atoms with Crippen LogP contribution < -0.4 is 10.1 Å². The number of para-hydroxylation sites is 1. The SMILES string of the molecule is O=C(Nc1cc(Cl)ccc1Oc1ccccc1)C1CCCN(Cc2nc(-c3cccc(Br)c3)no2)C1. The molecular weight excluding hydrogens is 544 g/mol. The van der Waals surface area contributed by atoms with E-state index in [1.165, 1.54) is 0 Å². The van der Waals surface area contributed by atoms with Crippen LogP contribution in [0.1, 0.15) is 18.7 Å². The molecule has 1 N–H and O–H groups in total. The molecule has 1 amide bonds. The Bertz CT molecular complexity index is 1350. The summed E-state index contributed by atoms with van der Waals surface area (Å²) >= 11 is 9.68. The first-order chi connectivity index (χ1) is 17.5. The Morgan fingerprint density at radius 1 is 1.14 bits per heavy atom. The summed E-state index contributed by atoms with van der Waals surface area (Å²) in [5, 5.41) is 7.66. The molecule has 1 saturated heterocycles. The van der Waals surface area contributed by atoms with Crippen LogP contribution in [0, 0.1) is 5.92 Å². The standard InChI is InChI=1S/C27H24BrClN4O3/c28-20-8-4-6-18(14-20)26-31-25(36-32-26)17-33-13-5-7-19(16-33)27(34)30-23-15-21(29)11-12-24(23)35-22-9-2-1-3-10-22/h1-4,6,8-12,14-15,19H,5,7,13,16-17H2,(H,30,34). The lowest BCUT2D eigenvalue weighted by molar-refractivity contribution is -0.121. The molecule has 5 rings (SSSR count). The molecule has 3 aromatic carbocycles. The summed E-state index contributed by atoms with van der Waals surface area (Å²) in [6.07, 6.45) is 1.69. The number of carbonyl (C=O) groups excluding carboxylic acids is 1. The Balaban J connectivity index is 1.23. The molecule has 0 spiro atoms. The van der Waals surface area contributed by atoms with E-state index < -0.39 is 0 Å². The molecule has 1 unspecified atom stereocenters. The van der Waals surface area contributed by atoms with Gasteiger partial charge in [-0.3, -0.25) is 9.69 Å². The number of ether oxygens (including phenoxy) is 1. The van der Waals surface area contributed by atoms with Crippen LogP contribution in [0.4, 0.5) is 5.69 Å². The maximum Gasteiger partial charge on any atom is 0.241 e. The van der Waals surface area contributed by atoms with Crippen molar-refractivity contribution in [2.45, 2.75) is 19.4 Å². The summed E-state index contributed by atoms with van der Waals surface area (Å²) in [6.45, 7) is 1.94. The zero-order chi connectivity index (χ0) is 24.9. The molecule has 1 aliphatic rings. The highest BCUT2D eigenvalue weighted by molar-refractivity contribution is 9.10. The number of hydrogen-bond acceptors (Lipinski definition) is 6. The molecule has 9 heteroatoms. The van der Waals surface area contributed by atoms with Crippen molar-refractivity contribution < 1.29 is 14.1 Å². The molecule has 1 aliphatic heterocycles. The number of anilines is 1. The number of piperidine rings is 1. The largest absolute Gasteiger partial charge is 0.455 e. The van der Waals surface area contributed by atoms with E-state index in [0.29, 0.717) is 47.0 Å². The van der Waals surface area contributed by atoms with Gasteiger partial charge in [0, 0.05) is 21.6 Å². The number of carbonyl (C=O) groups is 1. The normalized spacial score (nSPS) is 16.0. The van der Waals surface area contributed by atoms with E-state index in [9.17, 15) is 4.79 Å². The van der Waals surface area contributed by atoms with Gasteiger partial charge >= 0.3 is 0 Å². The highest BCUT2D eigenvalue weighted by Gasteiger charge is 2.27. The zero-order valence-corrected chi connectivity index (χ0v) is 21.7. The second-order valence-electron chi connectivity index (χ2n) is 8.64. The Morgan fingerprint density at radius 3 is 2.83 bits per heavy atom. The number of likely N-dealkylation sites (tertiary alicyclic amines) is 1. The van der Waals surface area contributed by atoms with Gasteiger partial charge in [-0.25, -0.2) is 0 Å². The third-order valence-corrected chi connectivity index (χ3v) is 6.68. The second kappa shape index (κ2) is 11.2. The molecule has 1 atom stereocenters. The van der Waals surface area contributed by atoms with Crippen molar-refractivity contribution in [2.24, 2.45) is 5.92 Å². The van der Waals surface area contributed by atoms with Crippen molar-refractivity contribution in [3.8, 4) is 22.9 Å². The van der Waals surface area contributed by atoms with Crippen LogP contribution in [0.2, 0.25) is 5.02 Å². The molecule has 184 valence electrons. The van der Waals surface area contributed by atoms with E-state index in [-0.39, 0.29) is 11.8 Å². The van der Waals surface area contributed by atoms with Gasteiger partial charge in [0.2, 0.25) is 17.6 Å². The minimum Gasteiger partial charge on any atom is -0.455 e. The van der Waals surface area contributed by atoms with Gasteiger partial charge < -0.3 is 14.6 Å². The molecule has 1 aromatic heterocycles. The predicted octanol–water partition coefficient (Wildman–Crippen LogP) is 6.80. The smallest absolute Gasteiger partial charge is 0.241 e. The van der Waals surface area contributed by atoms with Crippen molar-refractivity contribution in [2.75, 3.05) is 18.4 Å². The summed E-state index contributed by atoms with van der Waals surface area (Å²) < 4.78 is 12.4. The summed E-state index contributed by atoms with van der Waals surface area (Å²) in [4.78, 5) is 19.9. The predicted molar refractivity (Wildman–Crippen MR) is 142 cm³/mol. The van der Waals surface area contributed by atoms with Gasteiger partial charge in [-0.15, -0.1) is 0 Å². The number of rotatable bonds is 7. The minimum atomic E-state index is -0.185. The van der Waals surface area contributed by atoms with Crippen molar-refractivity contribution in [3.63, 3.8) is 0 Å². The Morgan fingerprint density at radius 2 is 2.00 bits per heavy atom. The molecule has 1 fully saturated rings. The topological polar surface area (TPSA) is 80.5 Å². The Labute approximate surface area is 222 Å². The van der Waals surface area contributed by atoms with E-state index in [2.05, 4.69) is 36.3 Å². The fourth-order valence-electron chi connectivity index (χ4n) is 4.21.